The van der Waals surface area contributed by atoms with Crippen molar-refractivity contribution in [3.63, 3.8) is 0 Å². The predicted octanol–water partition coefficient (Wildman–Crippen LogP) is 0.705. The van der Waals surface area contributed by atoms with E-state index in [1.54, 1.807) is 0 Å². The number of rotatable bonds is 6. The van der Waals surface area contributed by atoms with Crippen molar-refractivity contribution in [3.8, 4) is 0 Å². The molecule has 78 valence electrons. The van der Waals surface area contributed by atoms with Crippen LogP contribution in [0.2, 0.25) is 0 Å². The minimum atomic E-state index is 0.632. The van der Waals surface area contributed by atoms with Gasteiger partial charge in [0.15, 0.2) is 0 Å². The van der Waals surface area contributed by atoms with E-state index in [4.69, 9.17) is 4.74 Å². The molecule has 0 amide bonds. The number of hydrogen-bond donors (Lipinski definition) is 1. The fourth-order valence-electron chi connectivity index (χ4n) is 1.66. The molecule has 3 nitrogen and oxygen atoms in total. The number of likely N-dealkylation sites (N-methyl/N-ethyl adjacent to an activating group) is 1. The third kappa shape index (κ3) is 3.25. The van der Waals surface area contributed by atoms with Gasteiger partial charge in [-0.2, -0.15) is 0 Å². The Morgan fingerprint density at radius 1 is 1.46 bits per heavy atom. The highest BCUT2D eigenvalue weighted by Crippen LogP contribution is 2.12. The van der Waals surface area contributed by atoms with Crippen LogP contribution < -0.4 is 5.32 Å². The Hall–Kier alpha value is -0.120. The van der Waals surface area contributed by atoms with Crippen LogP contribution in [-0.2, 0) is 4.74 Å². The summed E-state index contributed by atoms with van der Waals surface area (Å²) in [6, 6.07) is 1.30. The first-order valence-corrected chi connectivity index (χ1v) is 5.30. The molecule has 0 aromatic heterocycles. The summed E-state index contributed by atoms with van der Waals surface area (Å²) in [5.74, 6) is 0. The molecular weight excluding hydrogens is 164 g/mol. The molecule has 0 aromatic rings. The lowest BCUT2D eigenvalue weighted by Gasteiger charge is -2.39. The molecule has 0 radical (unpaired) electrons. The Morgan fingerprint density at radius 3 is 2.54 bits per heavy atom. The van der Waals surface area contributed by atoms with Gasteiger partial charge in [-0.05, 0) is 20.4 Å². The van der Waals surface area contributed by atoms with Gasteiger partial charge in [-0.1, -0.05) is 6.92 Å². The van der Waals surface area contributed by atoms with Crippen molar-refractivity contribution < 1.29 is 4.74 Å². The summed E-state index contributed by atoms with van der Waals surface area (Å²) in [5.41, 5.74) is 0. The van der Waals surface area contributed by atoms with Gasteiger partial charge in [0, 0.05) is 19.1 Å². The standard InChI is InChI=1S/C10H22N2O/c1-4-11-5-6-12(9(2)3)10-7-13-8-10/h9-11H,4-8H2,1-3H3. The average molecular weight is 186 g/mol. The highest BCUT2D eigenvalue weighted by Gasteiger charge is 2.26. The summed E-state index contributed by atoms with van der Waals surface area (Å²) >= 11 is 0. The summed E-state index contributed by atoms with van der Waals surface area (Å²) in [6.45, 7) is 11.8. The number of nitrogens with zero attached hydrogens (tertiary/aromatic N) is 1. The molecule has 0 saturated carbocycles. The molecule has 1 saturated heterocycles. The van der Waals surface area contributed by atoms with Crippen LogP contribution in [0.1, 0.15) is 20.8 Å². The van der Waals surface area contributed by atoms with Crippen LogP contribution in [0.4, 0.5) is 0 Å². The molecule has 0 aromatic carbocycles. The van der Waals surface area contributed by atoms with Gasteiger partial charge >= 0.3 is 0 Å². The second kappa shape index (κ2) is 5.58. The van der Waals surface area contributed by atoms with Crippen LogP contribution >= 0.6 is 0 Å². The summed E-state index contributed by atoms with van der Waals surface area (Å²) in [4.78, 5) is 2.52. The van der Waals surface area contributed by atoms with Crippen molar-refractivity contribution in [3.05, 3.63) is 0 Å². The first kappa shape index (κ1) is 11.0. The molecule has 0 bridgehead atoms. The molecular formula is C10H22N2O. The van der Waals surface area contributed by atoms with Gasteiger partial charge in [0.05, 0.1) is 19.3 Å². The lowest BCUT2D eigenvalue weighted by Crippen LogP contribution is -2.53. The maximum Gasteiger partial charge on any atom is 0.0645 e. The molecule has 0 aliphatic carbocycles. The zero-order valence-electron chi connectivity index (χ0n) is 9.05. The second-order valence-corrected chi connectivity index (χ2v) is 3.88. The fraction of sp³-hybridized carbons (Fsp3) is 1.00. The number of nitrogens with one attached hydrogen (secondary N) is 1. The minimum Gasteiger partial charge on any atom is -0.378 e. The Balaban J connectivity index is 2.21. The van der Waals surface area contributed by atoms with Gasteiger partial charge in [0.2, 0.25) is 0 Å². The van der Waals surface area contributed by atoms with Crippen molar-refractivity contribution in [1.29, 1.82) is 0 Å². The van der Waals surface area contributed by atoms with E-state index in [1.165, 1.54) is 0 Å². The van der Waals surface area contributed by atoms with E-state index in [-0.39, 0.29) is 0 Å². The Labute approximate surface area is 81.4 Å². The van der Waals surface area contributed by atoms with Crippen LogP contribution in [-0.4, -0.2) is 49.8 Å². The SMILES string of the molecule is CCNCCN(C(C)C)C1COC1. The third-order valence-electron chi connectivity index (χ3n) is 2.55. The molecule has 13 heavy (non-hydrogen) atoms. The largest absolute Gasteiger partial charge is 0.378 e. The zero-order chi connectivity index (χ0) is 9.68. The summed E-state index contributed by atoms with van der Waals surface area (Å²) < 4.78 is 5.21. The molecule has 1 N–H and O–H groups in total. The lowest BCUT2D eigenvalue weighted by atomic mass is 10.1. The quantitative estimate of drug-likeness (QED) is 0.618. The monoisotopic (exact) mass is 186 g/mol. The molecule has 1 fully saturated rings. The van der Waals surface area contributed by atoms with Crippen LogP contribution in [0.25, 0.3) is 0 Å². The van der Waals surface area contributed by atoms with Gasteiger partial charge in [-0.3, -0.25) is 4.90 Å². The second-order valence-electron chi connectivity index (χ2n) is 3.88. The molecule has 1 aliphatic rings. The highest BCUT2D eigenvalue weighted by atomic mass is 16.5. The van der Waals surface area contributed by atoms with Crippen LogP contribution in [0.5, 0.6) is 0 Å². The molecule has 0 atom stereocenters. The molecule has 0 spiro atoms. The predicted molar refractivity (Wildman–Crippen MR) is 55.0 cm³/mol. The zero-order valence-corrected chi connectivity index (χ0v) is 9.05. The fourth-order valence-corrected chi connectivity index (χ4v) is 1.66. The topological polar surface area (TPSA) is 24.5 Å². The first-order chi connectivity index (χ1) is 6.25. The van der Waals surface area contributed by atoms with E-state index in [0.717, 1.165) is 32.8 Å². The van der Waals surface area contributed by atoms with Gasteiger partial charge in [-0.15, -0.1) is 0 Å². The molecule has 1 heterocycles. The van der Waals surface area contributed by atoms with Gasteiger partial charge < -0.3 is 10.1 Å². The Morgan fingerprint density at radius 2 is 2.15 bits per heavy atom. The van der Waals surface area contributed by atoms with Crippen LogP contribution in [0.3, 0.4) is 0 Å². The van der Waals surface area contributed by atoms with E-state index < -0.39 is 0 Å². The molecule has 3 heteroatoms. The lowest BCUT2D eigenvalue weighted by molar-refractivity contribution is -0.0743. The van der Waals surface area contributed by atoms with Crippen molar-refractivity contribution in [2.75, 3.05) is 32.8 Å². The Bertz CT molecular complexity index is 135. The molecule has 0 unspecified atom stereocenters. The van der Waals surface area contributed by atoms with Crippen molar-refractivity contribution in [1.82, 2.24) is 10.2 Å². The maximum absolute atomic E-state index is 5.21. The van der Waals surface area contributed by atoms with E-state index >= 15 is 0 Å². The van der Waals surface area contributed by atoms with Crippen LogP contribution in [0.15, 0.2) is 0 Å². The first-order valence-electron chi connectivity index (χ1n) is 5.30. The highest BCUT2D eigenvalue weighted by molar-refractivity contribution is 4.80. The van der Waals surface area contributed by atoms with Gasteiger partial charge in [0.25, 0.3) is 0 Å². The Kier molecular flexibility index (Phi) is 4.70. The maximum atomic E-state index is 5.21. The van der Waals surface area contributed by atoms with E-state index in [1.807, 2.05) is 0 Å². The molecule has 1 rings (SSSR count). The number of ether oxygens (including phenoxy) is 1. The van der Waals surface area contributed by atoms with E-state index in [9.17, 15) is 0 Å². The van der Waals surface area contributed by atoms with Gasteiger partial charge in [0.1, 0.15) is 0 Å². The summed E-state index contributed by atoms with van der Waals surface area (Å²) in [7, 11) is 0. The average Bonchev–Trinajstić information content (AvgIpc) is 1.99. The smallest absolute Gasteiger partial charge is 0.0645 e. The normalized spacial score (nSPS) is 18.2. The summed E-state index contributed by atoms with van der Waals surface area (Å²) in [5, 5.41) is 3.35. The molecule has 1 aliphatic heterocycles. The van der Waals surface area contributed by atoms with Crippen molar-refractivity contribution >= 4 is 0 Å². The van der Waals surface area contributed by atoms with Crippen molar-refractivity contribution in [2.24, 2.45) is 0 Å². The van der Waals surface area contributed by atoms with E-state index in [2.05, 4.69) is 31.0 Å². The van der Waals surface area contributed by atoms with Gasteiger partial charge in [-0.25, -0.2) is 0 Å². The number of hydrogen-bond acceptors (Lipinski definition) is 3. The van der Waals surface area contributed by atoms with Crippen LogP contribution in [0, 0.1) is 0 Å². The van der Waals surface area contributed by atoms with E-state index in [0.29, 0.717) is 12.1 Å². The van der Waals surface area contributed by atoms with Crippen molar-refractivity contribution in [2.45, 2.75) is 32.9 Å². The third-order valence-corrected chi connectivity index (χ3v) is 2.55. The summed E-state index contributed by atoms with van der Waals surface area (Å²) in [6.07, 6.45) is 0. The minimum absolute atomic E-state index is 0.632.